The summed E-state index contributed by atoms with van der Waals surface area (Å²) in [4.78, 5) is 4.51. The van der Waals surface area contributed by atoms with Gasteiger partial charge < -0.3 is 9.14 Å². The number of hydrogen-bond donors (Lipinski definition) is 1. The molecule has 3 heterocycles. The van der Waals surface area contributed by atoms with Gasteiger partial charge in [0.05, 0.1) is 17.6 Å². The number of imidazole rings is 1. The molecular formula is C16H23N3O3S. The van der Waals surface area contributed by atoms with Crippen LogP contribution in [0.4, 0.5) is 0 Å². The Kier molecular flexibility index (Phi) is 4.99. The van der Waals surface area contributed by atoms with Crippen molar-refractivity contribution >= 4 is 15.7 Å². The first-order valence-corrected chi connectivity index (χ1v) is 9.71. The van der Waals surface area contributed by atoms with Gasteiger partial charge in [0.15, 0.2) is 0 Å². The highest BCUT2D eigenvalue weighted by molar-refractivity contribution is 7.89. The monoisotopic (exact) mass is 337 g/mol. The van der Waals surface area contributed by atoms with Crippen molar-refractivity contribution in [3.8, 4) is 0 Å². The summed E-state index contributed by atoms with van der Waals surface area (Å²) in [5.74, 6) is 0.127. The lowest BCUT2D eigenvalue weighted by Gasteiger charge is -2.10. The molecule has 126 valence electrons. The number of ether oxygens (including phenoxy) is 1. The molecule has 1 N–H and O–H groups in total. The molecule has 0 bridgehead atoms. The van der Waals surface area contributed by atoms with Crippen LogP contribution in [0.3, 0.4) is 0 Å². The average Bonchev–Trinajstić information content (AvgIpc) is 3.14. The van der Waals surface area contributed by atoms with Crippen LogP contribution in [0.15, 0.2) is 24.4 Å². The van der Waals surface area contributed by atoms with Crippen LogP contribution in [0, 0.1) is 6.92 Å². The van der Waals surface area contributed by atoms with Crippen LogP contribution in [-0.4, -0.2) is 42.8 Å². The van der Waals surface area contributed by atoms with E-state index in [9.17, 15) is 8.42 Å². The average molecular weight is 337 g/mol. The SMILES string of the molecule is Cc1cccc2nc(CCNS(=O)(=O)CCC3CCCO3)cn12. The minimum atomic E-state index is -3.24. The number of fused-ring (bicyclic) bond motifs is 1. The molecule has 1 aliphatic heterocycles. The van der Waals surface area contributed by atoms with Crippen LogP contribution in [0.5, 0.6) is 0 Å². The number of nitrogens with zero attached hydrogens (tertiary/aromatic N) is 2. The zero-order valence-corrected chi connectivity index (χ0v) is 14.2. The van der Waals surface area contributed by atoms with Gasteiger partial charge >= 0.3 is 0 Å². The van der Waals surface area contributed by atoms with E-state index in [1.165, 1.54) is 0 Å². The minimum absolute atomic E-state index is 0.105. The Morgan fingerprint density at radius 3 is 3.04 bits per heavy atom. The third-order valence-electron chi connectivity index (χ3n) is 4.18. The van der Waals surface area contributed by atoms with Crippen molar-refractivity contribution in [3.05, 3.63) is 35.8 Å². The lowest BCUT2D eigenvalue weighted by Crippen LogP contribution is -2.30. The van der Waals surface area contributed by atoms with Gasteiger partial charge in [0.2, 0.25) is 10.0 Å². The van der Waals surface area contributed by atoms with Crippen molar-refractivity contribution in [2.24, 2.45) is 0 Å². The Hall–Kier alpha value is -1.44. The van der Waals surface area contributed by atoms with Crippen molar-refractivity contribution in [3.63, 3.8) is 0 Å². The van der Waals surface area contributed by atoms with Crippen LogP contribution < -0.4 is 4.72 Å². The molecule has 0 aromatic carbocycles. The lowest BCUT2D eigenvalue weighted by molar-refractivity contribution is 0.109. The first-order chi connectivity index (χ1) is 11.0. The second-order valence-electron chi connectivity index (χ2n) is 6.01. The van der Waals surface area contributed by atoms with Crippen molar-refractivity contribution in [1.29, 1.82) is 0 Å². The maximum atomic E-state index is 12.0. The van der Waals surface area contributed by atoms with Gasteiger partial charge in [-0.3, -0.25) is 0 Å². The predicted octanol–water partition coefficient (Wildman–Crippen LogP) is 1.67. The molecule has 0 radical (unpaired) electrons. The maximum absolute atomic E-state index is 12.0. The van der Waals surface area contributed by atoms with Crippen molar-refractivity contribution < 1.29 is 13.2 Å². The Morgan fingerprint density at radius 2 is 2.30 bits per heavy atom. The fourth-order valence-electron chi connectivity index (χ4n) is 2.88. The Labute approximate surface area is 136 Å². The van der Waals surface area contributed by atoms with Gasteiger partial charge in [-0.25, -0.2) is 18.1 Å². The highest BCUT2D eigenvalue weighted by Crippen LogP contribution is 2.15. The van der Waals surface area contributed by atoms with Gasteiger partial charge in [-0.1, -0.05) is 6.07 Å². The van der Waals surface area contributed by atoms with E-state index < -0.39 is 10.0 Å². The largest absolute Gasteiger partial charge is 0.378 e. The Bertz CT molecular complexity index is 764. The van der Waals surface area contributed by atoms with Crippen LogP contribution in [0.2, 0.25) is 0 Å². The molecule has 1 aliphatic rings. The second-order valence-corrected chi connectivity index (χ2v) is 7.94. The van der Waals surface area contributed by atoms with Gasteiger partial charge in [-0.15, -0.1) is 0 Å². The van der Waals surface area contributed by atoms with Gasteiger partial charge in [0.1, 0.15) is 5.65 Å². The molecule has 0 saturated carbocycles. The summed E-state index contributed by atoms with van der Waals surface area (Å²) in [7, 11) is -3.24. The standard InChI is InChI=1S/C16H23N3O3S/c1-13-4-2-6-16-18-14(12-19(13)16)7-9-17-23(20,21)11-8-15-5-3-10-22-15/h2,4,6,12,15,17H,3,5,7-11H2,1H3. The van der Waals surface area contributed by atoms with Gasteiger partial charge in [0, 0.05) is 31.5 Å². The fraction of sp³-hybridized carbons (Fsp3) is 0.562. The van der Waals surface area contributed by atoms with Gasteiger partial charge in [-0.2, -0.15) is 0 Å². The molecule has 0 amide bonds. The quantitative estimate of drug-likeness (QED) is 0.834. The first kappa shape index (κ1) is 16.4. The smallest absolute Gasteiger partial charge is 0.211 e. The number of aryl methyl sites for hydroxylation is 1. The third-order valence-corrected chi connectivity index (χ3v) is 5.60. The Morgan fingerprint density at radius 1 is 1.43 bits per heavy atom. The summed E-state index contributed by atoms with van der Waals surface area (Å²) in [5, 5.41) is 0. The molecule has 0 spiro atoms. The van der Waals surface area contributed by atoms with Crippen molar-refractivity contribution in [2.45, 2.75) is 38.7 Å². The van der Waals surface area contributed by atoms with E-state index in [0.717, 1.165) is 36.5 Å². The molecule has 0 aliphatic carbocycles. The highest BCUT2D eigenvalue weighted by Gasteiger charge is 2.19. The summed E-state index contributed by atoms with van der Waals surface area (Å²) in [5.41, 5.74) is 2.89. The van der Waals surface area contributed by atoms with E-state index in [1.807, 2.05) is 35.7 Å². The molecule has 23 heavy (non-hydrogen) atoms. The number of pyridine rings is 1. The van der Waals surface area contributed by atoms with E-state index in [4.69, 9.17) is 4.74 Å². The van der Waals surface area contributed by atoms with E-state index in [1.54, 1.807) is 0 Å². The lowest BCUT2D eigenvalue weighted by atomic mass is 10.2. The predicted molar refractivity (Wildman–Crippen MR) is 89.0 cm³/mol. The number of nitrogens with one attached hydrogen (secondary N) is 1. The zero-order chi connectivity index (χ0) is 16.3. The van der Waals surface area contributed by atoms with Crippen molar-refractivity contribution in [1.82, 2.24) is 14.1 Å². The summed E-state index contributed by atoms with van der Waals surface area (Å²) in [6, 6.07) is 5.93. The zero-order valence-electron chi connectivity index (χ0n) is 13.4. The third kappa shape index (κ3) is 4.31. The summed E-state index contributed by atoms with van der Waals surface area (Å²) < 4.78 is 34.2. The molecule has 1 saturated heterocycles. The minimum Gasteiger partial charge on any atom is -0.378 e. The molecule has 7 heteroatoms. The van der Waals surface area contributed by atoms with Crippen LogP contribution in [0.25, 0.3) is 5.65 Å². The molecule has 1 atom stereocenters. The molecule has 3 rings (SSSR count). The van der Waals surface area contributed by atoms with E-state index in [0.29, 0.717) is 19.4 Å². The molecule has 2 aromatic heterocycles. The summed E-state index contributed by atoms with van der Waals surface area (Å²) in [6.45, 7) is 3.15. The number of sulfonamides is 1. The second kappa shape index (κ2) is 6.98. The van der Waals surface area contributed by atoms with Crippen LogP contribution in [-0.2, 0) is 21.2 Å². The van der Waals surface area contributed by atoms with Crippen LogP contribution >= 0.6 is 0 Å². The number of aromatic nitrogens is 2. The van der Waals surface area contributed by atoms with E-state index >= 15 is 0 Å². The van der Waals surface area contributed by atoms with Gasteiger partial charge in [0.25, 0.3) is 0 Å². The van der Waals surface area contributed by atoms with Gasteiger partial charge in [-0.05, 0) is 38.3 Å². The highest BCUT2D eigenvalue weighted by atomic mass is 32.2. The molecule has 6 nitrogen and oxygen atoms in total. The summed E-state index contributed by atoms with van der Waals surface area (Å²) >= 11 is 0. The van der Waals surface area contributed by atoms with Crippen LogP contribution in [0.1, 0.15) is 30.7 Å². The fourth-order valence-corrected chi connectivity index (χ4v) is 4.02. The normalized spacial score (nSPS) is 18.7. The first-order valence-electron chi connectivity index (χ1n) is 8.06. The Balaban J connectivity index is 1.50. The summed E-state index contributed by atoms with van der Waals surface area (Å²) in [6.07, 6.45) is 5.23. The topological polar surface area (TPSA) is 72.7 Å². The van der Waals surface area contributed by atoms with Crippen molar-refractivity contribution in [2.75, 3.05) is 18.9 Å². The number of rotatable bonds is 7. The molecule has 2 aromatic rings. The van der Waals surface area contributed by atoms with E-state index in [2.05, 4.69) is 9.71 Å². The molecular weight excluding hydrogens is 314 g/mol. The van der Waals surface area contributed by atoms with E-state index in [-0.39, 0.29) is 11.9 Å². The molecule has 1 fully saturated rings. The number of hydrogen-bond acceptors (Lipinski definition) is 4. The maximum Gasteiger partial charge on any atom is 0.211 e. The molecule has 1 unspecified atom stereocenters.